The van der Waals surface area contributed by atoms with Crippen LogP contribution in [0.5, 0.6) is 0 Å². The molecule has 0 unspecified atom stereocenters. The molecule has 180 valence electrons. The number of benzene rings is 1. The molecular weight excluding hydrogens is 422 g/mol. The third kappa shape index (κ3) is 5.12. The van der Waals surface area contributed by atoms with Gasteiger partial charge in [0.2, 0.25) is 0 Å². The highest BCUT2D eigenvalue weighted by atomic mass is 16.1. The summed E-state index contributed by atoms with van der Waals surface area (Å²) in [4.78, 5) is 22.5. The van der Waals surface area contributed by atoms with Gasteiger partial charge in [0, 0.05) is 63.1 Å². The Morgan fingerprint density at radius 1 is 0.912 bits per heavy atom. The number of hydrogen-bond donors (Lipinski definition) is 0. The second-order valence-corrected chi connectivity index (χ2v) is 9.89. The Kier molecular flexibility index (Phi) is 7.14. The smallest absolute Gasteiger partial charge is 0.267 e. The van der Waals surface area contributed by atoms with Crippen LogP contribution in [0, 0.1) is 6.92 Å². The van der Waals surface area contributed by atoms with Crippen LogP contribution in [-0.4, -0.2) is 52.0 Å². The molecule has 1 aromatic carbocycles. The Morgan fingerprint density at radius 3 is 2.41 bits per heavy atom. The number of piperazine rings is 1. The molecule has 6 heteroatoms. The van der Waals surface area contributed by atoms with Gasteiger partial charge in [0.15, 0.2) is 0 Å². The molecule has 0 spiro atoms. The van der Waals surface area contributed by atoms with Crippen molar-refractivity contribution in [2.75, 3.05) is 37.6 Å². The Morgan fingerprint density at radius 2 is 1.68 bits per heavy atom. The van der Waals surface area contributed by atoms with Crippen LogP contribution < -0.4 is 10.5 Å². The zero-order valence-corrected chi connectivity index (χ0v) is 20.4. The van der Waals surface area contributed by atoms with Crippen LogP contribution in [0.2, 0.25) is 0 Å². The van der Waals surface area contributed by atoms with Crippen molar-refractivity contribution in [3.8, 4) is 5.69 Å². The molecule has 6 nitrogen and oxygen atoms in total. The lowest BCUT2D eigenvalue weighted by Crippen LogP contribution is -2.47. The van der Waals surface area contributed by atoms with Crippen LogP contribution in [0.4, 0.5) is 5.82 Å². The van der Waals surface area contributed by atoms with E-state index in [4.69, 9.17) is 0 Å². The molecule has 1 aliphatic heterocycles. The lowest BCUT2D eigenvalue weighted by Gasteiger charge is -2.35. The quantitative estimate of drug-likeness (QED) is 0.518. The van der Waals surface area contributed by atoms with Crippen LogP contribution in [0.3, 0.4) is 0 Å². The molecule has 0 radical (unpaired) electrons. The van der Waals surface area contributed by atoms with Crippen molar-refractivity contribution in [3.63, 3.8) is 0 Å². The van der Waals surface area contributed by atoms with Gasteiger partial charge in [0.25, 0.3) is 5.56 Å². The average molecular weight is 460 g/mol. The van der Waals surface area contributed by atoms with Gasteiger partial charge in [-0.15, -0.1) is 0 Å². The molecule has 2 aliphatic rings. The van der Waals surface area contributed by atoms with Crippen molar-refractivity contribution in [2.45, 2.75) is 57.9 Å². The fraction of sp³-hybridized carbons (Fsp3) is 0.500. The second-order valence-electron chi connectivity index (χ2n) is 9.89. The lowest BCUT2D eigenvalue weighted by atomic mass is 9.87. The van der Waals surface area contributed by atoms with E-state index < -0.39 is 0 Å². The molecular formula is C28H37N5O. The van der Waals surface area contributed by atoms with Gasteiger partial charge in [0.1, 0.15) is 5.82 Å². The molecule has 0 atom stereocenters. The normalized spacial score (nSPS) is 17.9. The minimum Gasteiger partial charge on any atom is -0.354 e. The molecule has 2 aromatic heterocycles. The molecule has 0 N–H and O–H groups in total. The zero-order chi connectivity index (χ0) is 23.3. The summed E-state index contributed by atoms with van der Waals surface area (Å²) in [6.07, 6.45) is 9.11. The largest absolute Gasteiger partial charge is 0.354 e. The van der Waals surface area contributed by atoms with Gasteiger partial charge in [0.05, 0.1) is 5.69 Å². The average Bonchev–Trinajstić information content (AvgIpc) is 3.21. The fourth-order valence-electron chi connectivity index (χ4n) is 5.59. The molecule has 3 aromatic rings. The summed E-state index contributed by atoms with van der Waals surface area (Å²) < 4.78 is 4.20. The van der Waals surface area contributed by atoms with E-state index in [1.54, 1.807) is 0 Å². The van der Waals surface area contributed by atoms with Crippen LogP contribution >= 0.6 is 0 Å². The molecule has 0 bridgehead atoms. The maximum atomic E-state index is 13.1. The molecule has 3 heterocycles. The van der Waals surface area contributed by atoms with Crippen LogP contribution in [0.1, 0.15) is 55.7 Å². The molecule has 1 aliphatic carbocycles. The highest BCUT2D eigenvalue weighted by Crippen LogP contribution is 2.33. The summed E-state index contributed by atoms with van der Waals surface area (Å²) >= 11 is 0. The molecule has 1 saturated carbocycles. The van der Waals surface area contributed by atoms with E-state index >= 15 is 0 Å². The maximum absolute atomic E-state index is 13.1. The predicted molar refractivity (Wildman–Crippen MR) is 138 cm³/mol. The number of rotatable bonds is 7. The Hall–Kier alpha value is -2.86. The number of para-hydroxylation sites is 1. The third-order valence-corrected chi connectivity index (χ3v) is 7.48. The summed E-state index contributed by atoms with van der Waals surface area (Å²) in [6, 6.07) is 16.6. The first kappa shape index (κ1) is 22.9. The van der Waals surface area contributed by atoms with Crippen LogP contribution in [-0.2, 0) is 6.54 Å². The first-order valence-electron chi connectivity index (χ1n) is 13.0. The number of aromatic nitrogens is 3. The number of nitrogens with zero attached hydrogens (tertiary/aromatic N) is 5. The van der Waals surface area contributed by atoms with Crippen molar-refractivity contribution in [1.82, 2.24) is 19.2 Å². The maximum Gasteiger partial charge on any atom is 0.267 e. The van der Waals surface area contributed by atoms with E-state index in [0.29, 0.717) is 5.92 Å². The van der Waals surface area contributed by atoms with Crippen molar-refractivity contribution in [1.29, 1.82) is 0 Å². The van der Waals surface area contributed by atoms with Crippen LogP contribution in [0.15, 0.2) is 59.5 Å². The SMILES string of the molecule is Cc1ccnc(N2CCN(CCCn3c(=O)cc(C4CCCCC4)n3-c3ccccc3)CC2)c1. The number of aryl methyl sites for hydroxylation is 1. The zero-order valence-electron chi connectivity index (χ0n) is 20.4. The van der Waals surface area contributed by atoms with E-state index in [0.717, 1.165) is 57.2 Å². The van der Waals surface area contributed by atoms with Crippen molar-refractivity contribution >= 4 is 5.82 Å². The molecule has 5 rings (SSSR count). The van der Waals surface area contributed by atoms with Crippen LogP contribution in [0.25, 0.3) is 5.69 Å². The minimum absolute atomic E-state index is 0.139. The first-order valence-corrected chi connectivity index (χ1v) is 13.0. The Balaban J connectivity index is 1.24. The standard InChI is InChI=1S/C28H37N5O/c1-23-13-14-29-27(21-23)31-19-17-30(18-20-31)15-8-16-32-28(34)22-26(24-9-4-2-5-10-24)33(32)25-11-6-3-7-12-25/h3,6-7,11-14,21-22,24H,2,4-5,8-10,15-20H2,1H3. The van der Waals surface area contributed by atoms with Crippen molar-refractivity contribution < 1.29 is 0 Å². The minimum atomic E-state index is 0.139. The van der Waals surface area contributed by atoms with Gasteiger partial charge in [-0.2, -0.15) is 0 Å². The summed E-state index contributed by atoms with van der Waals surface area (Å²) in [5, 5.41) is 0. The second kappa shape index (κ2) is 10.6. The van der Waals surface area contributed by atoms with Crippen molar-refractivity contribution in [2.24, 2.45) is 0 Å². The highest BCUT2D eigenvalue weighted by molar-refractivity contribution is 5.41. The summed E-state index contributed by atoms with van der Waals surface area (Å²) in [6.45, 7) is 7.97. The first-order chi connectivity index (χ1) is 16.7. The van der Waals surface area contributed by atoms with Crippen molar-refractivity contribution in [3.05, 3.63) is 76.3 Å². The molecule has 2 fully saturated rings. The van der Waals surface area contributed by atoms with E-state index in [9.17, 15) is 4.79 Å². The van der Waals surface area contributed by atoms with Gasteiger partial charge < -0.3 is 4.90 Å². The molecule has 0 amide bonds. The van der Waals surface area contributed by atoms with Gasteiger partial charge in [-0.25, -0.2) is 9.67 Å². The van der Waals surface area contributed by atoms with Gasteiger partial charge >= 0.3 is 0 Å². The monoisotopic (exact) mass is 459 g/mol. The van der Waals surface area contributed by atoms with E-state index in [2.05, 4.69) is 56.7 Å². The number of pyridine rings is 1. The number of hydrogen-bond acceptors (Lipinski definition) is 4. The topological polar surface area (TPSA) is 46.3 Å². The van der Waals surface area contributed by atoms with E-state index in [-0.39, 0.29) is 5.56 Å². The fourth-order valence-corrected chi connectivity index (χ4v) is 5.59. The Labute approximate surface area is 202 Å². The predicted octanol–water partition coefficient (Wildman–Crippen LogP) is 4.60. The molecule has 1 saturated heterocycles. The molecule has 34 heavy (non-hydrogen) atoms. The Bertz CT molecular complexity index is 1120. The highest BCUT2D eigenvalue weighted by Gasteiger charge is 2.23. The van der Waals surface area contributed by atoms with Gasteiger partial charge in [-0.3, -0.25) is 14.4 Å². The van der Waals surface area contributed by atoms with E-state index in [1.165, 1.54) is 43.4 Å². The number of anilines is 1. The van der Waals surface area contributed by atoms with E-state index in [1.807, 2.05) is 29.1 Å². The van der Waals surface area contributed by atoms with Gasteiger partial charge in [-0.1, -0.05) is 37.5 Å². The third-order valence-electron chi connectivity index (χ3n) is 7.48. The lowest BCUT2D eigenvalue weighted by molar-refractivity contribution is 0.246. The summed E-state index contributed by atoms with van der Waals surface area (Å²) in [7, 11) is 0. The summed E-state index contributed by atoms with van der Waals surface area (Å²) in [5.74, 6) is 1.58. The summed E-state index contributed by atoms with van der Waals surface area (Å²) in [5.41, 5.74) is 3.70. The van der Waals surface area contributed by atoms with Gasteiger partial charge in [-0.05, 0) is 56.0 Å².